The Morgan fingerprint density at radius 1 is 1.00 bits per heavy atom. The van der Waals surface area contributed by atoms with Crippen molar-refractivity contribution in [3.63, 3.8) is 0 Å². The number of benzene rings is 2. The van der Waals surface area contributed by atoms with Crippen LogP contribution in [0.25, 0.3) is 11.1 Å². The molecule has 164 valence electrons. The Bertz CT molecular complexity index is 922. The van der Waals surface area contributed by atoms with E-state index in [0.717, 1.165) is 57.5 Å². The van der Waals surface area contributed by atoms with Crippen LogP contribution < -0.4 is 5.32 Å². The van der Waals surface area contributed by atoms with E-state index in [1.807, 2.05) is 18.2 Å². The van der Waals surface area contributed by atoms with E-state index in [0.29, 0.717) is 23.9 Å². The first-order valence-corrected chi connectivity index (χ1v) is 11.4. The van der Waals surface area contributed by atoms with Crippen molar-refractivity contribution in [3.8, 4) is 11.1 Å². The van der Waals surface area contributed by atoms with E-state index >= 15 is 0 Å². The maximum Gasteiger partial charge on any atom is 0.260 e. The molecule has 3 aliphatic heterocycles. The summed E-state index contributed by atoms with van der Waals surface area (Å²) in [5, 5.41) is 3.39. The Morgan fingerprint density at radius 2 is 1.71 bits per heavy atom. The molecule has 3 atom stereocenters. The van der Waals surface area contributed by atoms with Gasteiger partial charge in [-0.15, -0.1) is 0 Å². The lowest BCUT2D eigenvalue weighted by Gasteiger charge is -2.50. The molecule has 0 unspecified atom stereocenters. The molecule has 1 amide bonds. The van der Waals surface area contributed by atoms with Gasteiger partial charge >= 0.3 is 0 Å². The molecule has 1 aliphatic carbocycles. The molecule has 2 aromatic carbocycles. The van der Waals surface area contributed by atoms with E-state index in [2.05, 4.69) is 10.2 Å². The highest BCUT2D eigenvalue weighted by Gasteiger charge is 2.43. The number of rotatable bonds is 4. The average molecular weight is 426 g/mol. The molecule has 3 heterocycles. The summed E-state index contributed by atoms with van der Waals surface area (Å²) in [6.07, 6.45) is 2.97. The Labute approximate surface area is 182 Å². The smallest absolute Gasteiger partial charge is 0.260 e. The highest BCUT2D eigenvalue weighted by atomic mass is 19.1. The number of halogens is 2. The van der Waals surface area contributed by atoms with Crippen molar-refractivity contribution in [1.82, 2.24) is 15.1 Å². The molecule has 1 N–H and O–H groups in total. The normalized spacial score (nSPS) is 26.3. The third-order valence-electron chi connectivity index (χ3n) is 7.31. The molecule has 6 heteroatoms. The van der Waals surface area contributed by atoms with Crippen molar-refractivity contribution in [1.29, 1.82) is 0 Å². The van der Waals surface area contributed by atoms with Crippen LogP contribution in [0.3, 0.4) is 0 Å². The van der Waals surface area contributed by atoms with Crippen molar-refractivity contribution in [3.05, 3.63) is 59.7 Å². The number of nitrogens with one attached hydrogen (secondary N) is 1. The number of carbonyl (C=O) groups is 1. The van der Waals surface area contributed by atoms with Gasteiger partial charge in [0.1, 0.15) is 17.2 Å². The van der Waals surface area contributed by atoms with E-state index in [4.69, 9.17) is 0 Å². The van der Waals surface area contributed by atoms with Gasteiger partial charge in [0.05, 0.1) is 0 Å². The van der Waals surface area contributed by atoms with E-state index < -0.39 is 23.1 Å². The highest BCUT2D eigenvalue weighted by Crippen LogP contribution is 2.41. The lowest BCUT2D eigenvalue weighted by atomic mass is 9.71. The fourth-order valence-electron chi connectivity index (χ4n) is 5.64. The SMILES string of the molecule is O=C(c1c(F)cc(-c2ccccc2)cc1F)N1C[C@@H]2CC[C@H]1C[C@H]2CN1CCNCC1. The van der Waals surface area contributed by atoms with E-state index in [9.17, 15) is 13.6 Å². The van der Waals surface area contributed by atoms with Crippen LogP contribution in [0.2, 0.25) is 0 Å². The number of fused-ring (bicyclic) bond motifs is 3. The Morgan fingerprint density at radius 3 is 2.35 bits per heavy atom. The Kier molecular flexibility index (Phi) is 5.76. The van der Waals surface area contributed by atoms with Gasteiger partial charge in [0, 0.05) is 45.3 Å². The van der Waals surface area contributed by atoms with Crippen molar-refractivity contribution in [2.24, 2.45) is 11.8 Å². The monoisotopic (exact) mass is 425 g/mol. The fourth-order valence-corrected chi connectivity index (χ4v) is 5.64. The predicted molar refractivity (Wildman–Crippen MR) is 117 cm³/mol. The molecule has 0 radical (unpaired) electrons. The lowest BCUT2D eigenvalue weighted by molar-refractivity contribution is -0.00287. The quantitative estimate of drug-likeness (QED) is 0.810. The summed E-state index contributed by atoms with van der Waals surface area (Å²) in [6, 6.07) is 11.8. The minimum Gasteiger partial charge on any atom is -0.335 e. The largest absolute Gasteiger partial charge is 0.335 e. The molecule has 31 heavy (non-hydrogen) atoms. The molecular weight excluding hydrogens is 396 g/mol. The van der Waals surface area contributed by atoms with Crippen LogP contribution >= 0.6 is 0 Å². The van der Waals surface area contributed by atoms with Crippen molar-refractivity contribution >= 4 is 5.91 Å². The zero-order chi connectivity index (χ0) is 21.4. The average Bonchev–Trinajstić information content (AvgIpc) is 2.80. The molecule has 2 aromatic rings. The van der Waals surface area contributed by atoms with Gasteiger partial charge in [0.15, 0.2) is 0 Å². The third kappa shape index (κ3) is 4.11. The second kappa shape index (κ2) is 8.67. The van der Waals surface area contributed by atoms with Gasteiger partial charge in [-0.05, 0) is 54.4 Å². The van der Waals surface area contributed by atoms with Crippen molar-refractivity contribution in [2.45, 2.75) is 25.3 Å². The summed E-state index contributed by atoms with van der Waals surface area (Å²) in [5.74, 6) is -1.06. The standard InChI is InChI=1S/C25H29F2N3O/c26-22-13-19(17-4-2-1-3-5-17)14-23(27)24(22)25(31)30-16-18-6-7-21(30)12-20(18)15-29-10-8-28-9-11-29/h1-5,13-14,18,20-21,28H,6-12,15-16H2/t18-,20-,21-/m0/s1. The summed E-state index contributed by atoms with van der Waals surface area (Å²) >= 11 is 0. The molecule has 4 nitrogen and oxygen atoms in total. The zero-order valence-corrected chi connectivity index (χ0v) is 17.7. The molecule has 3 saturated heterocycles. The summed E-state index contributed by atoms with van der Waals surface area (Å²) in [4.78, 5) is 17.5. The summed E-state index contributed by atoms with van der Waals surface area (Å²) in [5.41, 5.74) is 0.765. The van der Waals surface area contributed by atoms with Gasteiger partial charge in [-0.1, -0.05) is 30.3 Å². The Hall–Kier alpha value is -2.31. The van der Waals surface area contributed by atoms with Crippen LogP contribution in [0.5, 0.6) is 0 Å². The van der Waals surface area contributed by atoms with Crippen LogP contribution in [-0.2, 0) is 0 Å². The summed E-state index contributed by atoms with van der Waals surface area (Å²) in [6.45, 7) is 5.88. The Balaban J connectivity index is 1.32. The first kappa shape index (κ1) is 20.6. The molecular formula is C25H29F2N3O. The van der Waals surface area contributed by atoms with Crippen LogP contribution in [0.4, 0.5) is 8.78 Å². The van der Waals surface area contributed by atoms with Crippen LogP contribution in [0, 0.1) is 23.5 Å². The van der Waals surface area contributed by atoms with E-state index in [-0.39, 0.29) is 6.04 Å². The first-order valence-electron chi connectivity index (χ1n) is 11.4. The predicted octanol–water partition coefficient (Wildman–Crippen LogP) is 3.78. The number of hydrogen-bond acceptors (Lipinski definition) is 3. The van der Waals surface area contributed by atoms with Crippen LogP contribution in [0.1, 0.15) is 29.6 Å². The first-order chi connectivity index (χ1) is 15.1. The van der Waals surface area contributed by atoms with Gasteiger partial charge in [0.2, 0.25) is 0 Å². The van der Waals surface area contributed by atoms with Gasteiger partial charge < -0.3 is 15.1 Å². The minimum absolute atomic E-state index is 0.0815. The van der Waals surface area contributed by atoms with Crippen LogP contribution in [-0.4, -0.2) is 61.0 Å². The topological polar surface area (TPSA) is 35.6 Å². The van der Waals surface area contributed by atoms with Crippen molar-refractivity contribution in [2.75, 3.05) is 39.3 Å². The van der Waals surface area contributed by atoms with Gasteiger partial charge in [0.25, 0.3) is 5.91 Å². The molecule has 2 bridgehead atoms. The maximum atomic E-state index is 14.9. The highest BCUT2D eigenvalue weighted by molar-refractivity contribution is 5.95. The number of nitrogens with zero attached hydrogens (tertiary/aromatic N) is 2. The second-order valence-electron chi connectivity index (χ2n) is 9.18. The lowest BCUT2D eigenvalue weighted by Crippen LogP contribution is -2.57. The molecule has 1 saturated carbocycles. The van der Waals surface area contributed by atoms with Gasteiger partial charge in [-0.3, -0.25) is 4.79 Å². The fraction of sp³-hybridized carbons (Fsp3) is 0.480. The minimum atomic E-state index is -0.775. The van der Waals surface area contributed by atoms with Crippen LogP contribution in [0.15, 0.2) is 42.5 Å². The summed E-state index contributed by atoms with van der Waals surface area (Å²) in [7, 11) is 0. The number of carbonyl (C=O) groups excluding carboxylic acids is 1. The number of amides is 1. The van der Waals surface area contributed by atoms with E-state index in [1.165, 1.54) is 12.1 Å². The molecule has 4 aliphatic rings. The third-order valence-corrected chi connectivity index (χ3v) is 7.31. The van der Waals surface area contributed by atoms with Gasteiger partial charge in [-0.2, -0.15) is 0 Å². The maximum absolute atomic E-state index is 14.9. The molecule has 4 fully saturated rings. The number of hydrogen-bond donors (Lipinski definition) is 1. The molecule has 6 rings (SSSR count). The van der Waals surface area contributed by atoms with Crippen molar-refractivity contribution < 1.29 is 13.6 Å². The molecule has 0 spiro atoms. The second-order valence-corrected chi connectivity index (χ2v) is 9.18. The number of piperidine rings is 2. The molecule has 0 aromatic heterocycles. The van der Waals surface area contributed by atoms with Gasteiger partial charge in [-0.25, -0.2) is 8.78 Å². The number of piperazine rings is 1. The van der Waals surface area contributed by atoms with E-state index in [1.54, 1.807) is 17.0 Å². The zero-order valence-electron chi connectivity index (χ0n) is 17.7. The summed E-state index contributed by atoms with van der Waals surface area (Å²) < 4.78 is 29.9.